The van der Waals surface area contributed by atoms with Gasteiger partial charge in [-0.25, -0.2) is 9.97 Å². The molecule has 104 valence electrons. The highest BCUT2D eigenvalue weighted by molar-refractivity contribution is 6.17. The van der Waals surface area contributed by atoms with Gasteiger partial charge in [0, 0.05) is 18.2 Å². The van der Waals surface area contributed by atoms with Gasteiger partial charge >= 0.3 is 0 Å². The van der Waals surface area contributed by atoms with Crippen LogP contribution in [0.5, 0.6) is 0 Å². The molecule has 0 N–H and O–H groups in total. The molecule has 0 unspecified atom stereocenters. The zero-order valence-corrected chi connectivity index (χ0v) is 12.6. The highest BCUT2D eigenvalue weighted by atomic mass is 35.5. The predicted octanol–water partition coefficient (Wildman–Crippen LogP) is 4.03. The van der Waals surface area contributed by atoms with Gasteiger partial charge in [0.05, 0.1) is 23.5 Å². The molecule has 0 spiro atoms. The first-order valence-corrected chi connectivity index (χ1v) is 7.51. The molecule has 2 heterocycles. The molecule has 0 amide bonds. The van der Waals surface area contributed by atoms with Crippen LogP contribution in [0.1, 0.15) is 36.8 Å². The summed E-state index contributed by atoms with van der Waals surface area (Å²) < 4.78 is 0. The lowest BCUT2D eigenvalue weighted by atomic mass is 10.2. The Balaban J connectivity index is 2.03. The molecule has 20 heavy (non-hydrogen) atoms. The molecular formula is C16H18ClN3. The first-order chi connectivity index (χ1) is 9.70. The van der Waals surface area contributed by atoms with E-state index in [-0.39, 0.29) is 0 Å². The maximum Gasteiger partial charge on any atom is 0.131 e. The van der Waals surface area contributed by atoms with Gasteiger partial charge < -0.3 is 4.90 Å². The van der Waals surface area contributed by atoms with Crippen LogP contribution in [-0.2, 0) is 12.3 Å². The molecule has 0 atom stereocenters. The van der Waals surface area contributed by atoms with E-state index >= 15 is 0 Å². The second-order valence-electron chi connectivity index (χ2n) is 5.38. The maximum atomic E-state index is 6.10. The summed E-state index contributed by atoms with van der Waals surface area (Å²) in [7, 11) is 0. The fourth-order valence-electron chi connectivity index (χ4n) is 2.62. The number of alkyl halides is 1. The minimum Gasteiger partial charge on any atom is -0.338 e. The Bertz CT molecular complexity index is 625. The van der Waals surface area contributed by atoms with Crippen LogP contribution in [0.2, 0.25) is 0 Å². The molecule has 0 saturated carbocycles. The van der Waals surface area contributed by atoms with Crippen LogP contribution >= 0.6 is 11.6 Å². The second kappa shape index (κ2) is 5.41. The summed E-state index contributed by atoms with van der Waals surface area (Å²) in [5.41, 5.74) is 4.58. The summed E-state index contributed by atoms with van der Waals surface area (Å²) in [5, 5.41) is 0. The van der Waals surface area contributed by atoms with Crippen LogP contribution in [0, 0.1) is 0 Å². The van der Waals surface area contributed by atoms with Crippen LogP contribution in [0.15, 0.2) is 30.5 Å². The Hall–Kier alpha value is -1.61. The van der Waals surface area contributed by atoms with Crippen LogP contribution in [0.3, 0.4) is 0 Å². The molecule has 3 nitrogen and oxygen atoms in total. The number of hydrogen-bond donors (Lipinski definition) is 0. The number of para-hydroxylation sites is 1. The monoisotopic (exact) mass is 287 g/mol. The predicted molar refractivity (Wildman–Crippen MR) is 82.8 cm³/mol. The Kier molecular flexibility index (Phi) is 3.62. The van der Waals surface area contributed by atoms with Crippen molar-refractivity contribution in [2.75, 3.05) is 11.4 Å². The van der Waals surface area contributed by atoms with Crippen molar-refractivity contribution in [1.82, 2.24) is 9.97 Å². The summed E-state index contributed by atoms with van der Waals surface area (Å²) in [5.74, 6) is 1.59. The number of nitrogens with zero attached hydrogens (tertiary/aromatic N) is 3. The number of rotatable bonds is 3. The Morgan fingerprint density at radius 1 is 1.25 bits per heavy atom. The van der Waals surface area contributed by atoms with E-state index in [0.29, 0.717) is 11.8 Å². The summed E-state index contributed by atoms with van der Waals surface area (Å²) in [6.45, 7) is 5.16. The highest BCUT2D eigenvalue weighted by Crippen LogP contribution is 2.35. The number of benzene rings is 1. The first-order valence-electron chi connectivity index (χ1n) is 6.98. The van der Waals surface area contributed by atoms with Gasteiger partial charge in [0.15, 0.2) is 0 Å². The fourth-order valence-corrected chi connectivity index (χ4v) is 2.81. The summed E-state index contributed by atoms with van der Waals surface area (Å²) in [6.07, 6.45) is 2.98. The van der Waals surface area contributed by atoms with E-state index in [1.807, 2.05) is 6.20 Å². The SMILES string of the molecule is CC(C)c1ncc(N2CCc3ccccc32)c(CCl)n1. The lowest BCUT2D eigenvalue weighted by molar-refractivity contribution is 0.762. The Morgan fingerprint density at radius 2 is 2.05 bits per heavy atom. The average Bonchev–Trinajstić information content (AvgIpc) is 2.90. The minimum atomic E-state index is 0.317. The third-order valence-electron chi connectivity index (χ3n) is 3.69. The third-order valence-corrected chi connectivity index (χ3v) is 3.94. The largest absolute Gasteiger partial charge is 0.338 e. The van der Waals surface area contributed by atoms with E-state index in [1.165, 1.54) is 11.3 Å². The van der Waals surface area contributed by atoms with E-state index in [1.54, 1.807) is 0 Å². The van der Waals surface area contributed by atoms with Crippen molar-refractivity contribution < 1.29 is 0 Å². The molecule has 1 aliphatic heterocycles. The summed E-state index contributed by atoms with van der Waals surface area (Å²) >= 11 is 6.10. The van der Waals surface area contributed by atoms with Crippen molar-refractivity contribution >= 4 is 23.0 Å². The van der Waals surface area contributed by atoms with Crippen molar-refractivity contribution in [1.29, 1.82) is 0 Å². The number of halogens is 1. The molecule has 1 aliphatic rings. The van der Waals surface area contributed by atoms with Gasteiger partial charge in [0.2, 0.25) is 0 Å². The molecule has 0 bridgehead atoms. The molecule has 0 fully saturated rings. The lowest BCUT2D eigenvalue weighted by Gasteiger charge is -2.22. The summed E-state index contributed by atoms with van der Waals surface area (Å²) in [4.78, 5) is 11.4. The Labute approximate surface area is 124 Å². The van der Waals surface area contributed by atoms with Crippen molar-refractivity contribution in [2.45, 2.75) is 32.1 Å². The van der Waals surface area contributed by atoms with Gasteiger partial charge in [-0.15, -0.1) is 11.6 Å². The normalized spacial score (nSPS) is 13.9. The van der Waals surface area contributed by atoms with Gasteiger partial charge in [-0.3, -0.25) is 0 Å². The number of anilines is 2. The zero-order valence-electron chi connectivity index (χ0n) is 11.8. The van der Waals surface area contributed by atoms with E-state index in [9.17, 15) is 0 Å². The summed E-state index contributed by atoms with van der Waals surface area (Å²) in [6, 6.07) is 8.49. The average molecular weight is 288 g/mol. The molecule has 0 saturated heterocycles. The van der Waals surface area contributed by atoms with Gasteiger partial charge in [-0.05, 0) is 18.1 Å². The van der Waals surface area contributed by atoms with Gasteiger partial charge in [0.1, 0.15) is 5.82 Å². The van der Waals surface area contributed by atoms with Crippen LogP contribution < -0.4 is 4.90 Å². The topological polar surface area (TPSA) is 29.0 Å². The van der Waals surface area contributed by atoms with Crippen molar-refractivity contribution in [3.8, 4) is 0 Å². The van der Waals surface area contributed by atoms with Gasteiger partial charge in [-0.1, -0.05) is 32.0 Å². The fraction of sp³-hybridized carbons (Fsp3) is 0.375. The molecule has 4 heteroatoms. The van der Waals surface area contributed by atoms with Gasteiger partial charge in [-0.2, -0.15) is 0 Å². The smallest absolute Gasteiger partial charge is 0.131 e. The molecule has 0 radical (unpaired) electrons. The van der Waals surface area contributed by atoms with Gasteiger partial charge in [0.25, 0.3) is 0 Å². The maximum absolute atomic E-state index is 6.10. The van der Waals surface area contributed by atoms with Crippen LogP contribution in [0.25, 0.3) is 0 Å². The second-order valence-corrected chi connectivity index (χ2v) is 5.65. The molecule has 2 aromatic rings. The van der Waals surface area contributed by atoms with E-state index in [4.69, 9.17) is 11.6 Å². The third kappa shape index (κ3) is 2.27. The molecule has 3 rings (SSSR count). The Morgan fingerprint density at radius 3 is 2.80 bits per heavy atom. The number of hydrogen-bond acceptors (Lipinski definition) is 3. The van der Waals surface area contributed by atoms with E-state index < -0.39 is 0 Å². The highest BCUT2D eigenvalue weighted by Gasteiger charge is 2.23. The zero-order chi connectivity index (χ0) is 14.1. The van der Waals surface area contributed by atoms with Crippen molar-refractivity contribution in [2.24, 2.45) is 0 Å². The van der Waals surface area contributed by atoms with Crippen molar-refractivity contribution in [3.05, 3.63) is 47.5 Å². The lowest BCUT2D eigenvalue weighted by Crippen LogP contribution is -2.17. The number of aromatic nitrogens is 2. The molecular weight excluding hydrogens is 270 g/mol. The minimum absolute atomic E-state index is 0.317. The quantitative estimate of drug-likeness (QED) is 0.798. The van der Waals surface area contributed by atoms with Crippen molar-refractivity contribution in [3.63, 3.8) is 0 Å². The molecule has 1 aromatic heterocycles. The van der Waals surface area contributed by atoms with E-state index in [0.717, 1.165) is 30.2 Å². The van der Waals surface area contributed by atoms with E-state index in [2.05, 4.69) is 53.0 Å². The first kappa shape index (κ1) is 13.4. The molecule has 1 aromatic carbocycles. The van der Waals surface area contributed by atoms with Crippen LogP contribution in [-0.4, -0.2) is 16.5 Å². The molecule has 0 aliphatic carbocycles. The van der Waals surface area contributed by atoms with Crippen LogP contribution in [0.4, 0.5) is 11.4 Å². The standard InChI is InChI=1S/C16H18ClN3/c1-11(2)16-18-10-15(13(9-17)19-16)20-8-7-12-5-3-4-6-14(12)20/h3-6,10-11H,7-9H2,1-2H3. The number of fused-ring (bicyclic) bond motifs is 1.